The van der Waals surface area contributed by atoms with Crippen molar-refractivity contribution in [2.75, 3.05) is 18.6 Å². The number of nitrogens with zero attached hydrogens (tertiary/aromatic N) is 2. The molecule has 1 aliphatic heterocycles. The summed E-state index contributed by atoms with van der Waals surface area (Å²) in [6.07, 6.45) is 3.25. The molecule has 1 aliphatic rings. The average Bonchev–Trinajstić information content (AvgIpc) is 2.71. The molecule has 2 aromatic rings. The molecule has 2 aromatic carbocycles. The highest BCUT2D eigenvalue weighted by molar-refractivity contribution is 6.05. The summed E-state index contributed by atoms with van der Waals surface area (Å²) in [7, 11) is 1.77. The van der Waals surface area contributed by atoms with E-state index in [9.17, 15) is 9.59 Å². The molecule has 2 amide bonds. The molecule has 5 heteroatoms. The molecule has 0 aromatic heterocycles. The van der Waals surface area contributed by atoms with Gasteiger partial charge in [-0.05, 0) is 82.0 Å². The van der Waals surface area contributed by atoms with Gasteiger partial charge in [0.05, 0.1) is 0 Å². The largest absolute Gasteiger partial charge is 0.484 e. The fraction of sp³-hybridized carbons (Fsp3) is 0.417. The van der Waals surface area contributed by atoms with Gasteiger partial charge in [0.15, 0.2) is 6.61 Å². The van der Waals surface area contributed by atoms with E-state index in [0.717, 1.165) is 24.1 Å². The second kappa shape index (κ2) is 9.12. The van der Waals surface area contributed by atoms with Gasteiger partial charge in [-0.15, -0.1) is 0 Å². The van der Waals surface area contributed by atoms with Crippen LogP contribution in [-0.2, 0) is 4.79 Å². The summed E-state index contributed by atoms with van der Waals surface area (Å²) in [6.45, 7) is 6.21. The molecule has 0 aliphatic carbocycles. The molecule has 1 heterocycles. The van der Waals surface area contributed by atoms with Gasteiger partial charge in [-0.2, -0.15) is 0 Å². The monoisotopic (exact) mass is 394 g/mol. The van der Waals surface area contributed by atoms with E-state index < -0.39 is 0 Å². The molecular formula is C24H30N2O3. The van der Waals surface area contributed by atoms with Crippen molar-refractivity contribution in [2.24, 2.45) is 0 Å². The highest BCUT2D eigenvalue weighted by atomic mass is 16.5. The number of carbonyl (C=O) groups is 2. The Kier molecular flexibility index (Phi) is 6.57. The number of benzene rings is 2. The second-order valence-corrected chi connectivity index (χ2v) is 7.95. The Morgan fingerprint density at radius 3 is 2.34 bits per heavy atom. The van der Waals surface area contributed by atoms with E-state index >= 15 is 0 Å². The predicted octanol–water partition coefficient (Wildman–Crippen LogP) is 4.44. The first-order chi connectivity index (χ1) is 13.9. The molecule has 3 rings (SSSR count). The molecule has 0 bridgehead atoms. The summed E-state index contributed by atoms with van der Waals surface area (Å²) < 4.78 is 5.70. The van der Waals surface area contributed by atoms with E-state index in [0.29, 0.717) is 11.3 Å². The Hall–Kier alpha value is -2.82. The van der Waals surface area contributed by atoms with E-state index in [2.05, 4.69) is 13.8 Å². The topological polar surface area (TPSA) is 49.9 Å². The Morgan fingerprint density at radius 2 is 1.72 bits per heavy atom. The van der Waals surface area contributed by atoms with E-state index in [1.54, 1.807) is 36.2 Å². The van der Waals surface area contributed by atoms with E-state index in [1.165, 1.54) is 6.42 Å². The number of piperidine rings is 1. The number of amides is 2. The van der Waals surface area contributed by atoms with E-state index in [-0.39, 0.29) is 30.5 Å². The van der Waals surface area contributed by atoms with E-state index in [1.807, 2.05) is 36.1 Å². The van der Waals surface area contributed by atoms with Crippen molar-refractivity contribution >= 4 is 17.5 Å². The van der Waals surface area contributed by atoms with Crippen LogP contribution in [0.2, 0.25) is 0 Å². The van der Waals surface area contributed by atoms with Crippen LogP contribution in [0.25, 0.3) is 0 Å². The Bertz CT molecular complexity index is 853. The molecule has 0 saturated carbocycles. The molecule has 0 radical (unpaired) electrons. The smallest absolute Gasteiger partial charge is 0.260 e. The van der Waals surface area contributed by atoms with Gasteiger partial charge in [-0.3, -0.25) is 9.59 Å². The Labute approximate surface area is 173 Å². The summed E-state index contributed by atoms with van der Waals surface area (Å²) in [5.41, 5.74) is 2.53. The molecule has 1 fully saturated rings. The number of ether oxygens (including phenoxy) is 1. The van der Waals surface area contributed by atoms with Crippen LogP contribution in [0.5, 0.6) is 5.75 Å². The predicted molar refractivity (Wildman–Crippen MR) is 115 cm³/mol. The van der Waals surface area contributed by atoms with Gasteiger partial charge in [0.2, 0.25) is 0 Å². The maximum Gasteiger partial charge on any atom is 0.260 e. The van der Waals surface area contributed by atoms with Crippen LogP contribution < -0.4 is 9.64 Å². The van der Waals surface area contributed by atoms with Gasteiger partial charge in [0.1, 0.15) is 5.75 Å². The third kappa shape index (κ3) is 4.97. The minimum absolute atomic E-state index is 0.0176. The minimum Gasteiger partial charge on any atom is -0.484 e. The first-order valence-corrected chi connectivity index (χ1v) is 10.3. The van der Waals surface area contributed by atoms with Crippen LogP contribution in [0.4, 0.5) is 5.69 Å². The minimum atomic E-state index is -0.0887. The molecule has 1 saturated heterocycles. The zero-order valence-corrected chi connectivity index (χ0v) is 17.7. The van der Waals surface area contributed by atoms with Crippen molar-refractivity contribution in [3.63, 3.8) is 0 Å². The summed E-state index contributed by atoms with van der Waals surface area (Å²) in [6, 6.07) is 15.3. The van der Waals surface area contributed by atoms with Gasteiger partial charge in [-0.25, -0.2) is 0 Å². The Morgan fingerprint density at radius 1 is 1.07 bits per heavy atom. The second-order valence-electron chi connectivity index (χ2n) is 7.95. The Balaban J connectivity index is 1.60. The highest BCUT2D eigenvalue weighted by Gasteiger charge is 2.29. The van der Waals surface area contributed by atoms with Crippen molar-refractivity contribution in [2.45, 2.75) is 52.1 Å². The fourth-order valence-electron chi connectivity index (χ4n) is 3.97. The third-order valence-corrected chi connectivity index (χ3v) is 5.64. The van der Waals surface area contributed by atoms with Gasteiger partial charge in [0, 0.05) is 30.4 Å². The lowest BCUT2D eigenvalue weighted by molar-refractivity contribution is -0.139. The number of carbonyl (C=O) groups excluding carboxylic acids is 2. The number of hydrogen-bond acceptors (Lipinski definition) is 3. The molecule has 29 heavy (non-hydrogen) atoms. The van der Waals surface area contributed by atoms with Gasteiger partial charge in [0.25, 0.3) is 11.8 Å². The van der Waals surface area contributed by atoms with E-state index in [4.69, 9.17) is 4.74 Å². The van der Waals surface area contributed by atoms with Gasteiger partial charge >= 0.3 is 0 Å². The first kappa shape index (κ1) is 20.9. The molecular weight excluding hydrogens is 364 g/mol. The molecule has 154 valence electrons. The van der Waals surface area contributed by atoms with Crippen LogP contribution in [0.1, 0.15) is 49.0 Å². The third-order valence-electron chi connectivity index (χ3n) is 5.64. The molecule has 0 spiro atoms. The zero-order valence-electron chi connectivity index (χ0n) is 17.7. The number of hydrogen-bond donors (Lipinski definition) is 0. The van der Waals surface area contributed by atoms with Crippen molar-refractivity contribution in [3.8, 4) is 5.75 Å². The molecule has 5 nitrogen and oxygen atoms in total. The van der Waals surface area contributed by atoms with Crippen LogP contribution in [0, 0.1) is 6.92 Å². The maximum atomic E-state index is 12.7. The first-order valence-electron chi connectivity index (χ1n) is 10.3. The lowest BCUT2D eigenvalue weighted by Crippen LogP contribution is -2.49. The average molecular weight is 395 g/mol. The van der Waals surface area contributed by atoms with Crippen molar-refractivity contribution in [3.05, 3.63) is 59.7 Å². The molecule has 0 N–H and O–H groups in total. The fourth-order valence-corrected chi connectivity index (χ4v) is 3.97. The number of aryl methyl sites for hydroxylation is 1. The SMILES string of the molecule is Cc1cccc(N(C)C(=O)c2ccc(OCC(=O)N3C(C)CCCC3C)cc2)c1. The zero-order chi connectivity index (χ0) is 21.0. The lowest BCUT2D eigenvalue weighted by atomic mass is 9.97. The quantitative estimate of drug-likeness (QED) is 0.753. The van der Waals surface area contributed by atoms with Crippen LogP contribution in [0.3, 0.4) is 0 Å². The number of rotatable bonds is 5. The van der Waals surface area contributed by atoms with Crippen molar-refractivity contribution in [1.29, 1.82) is 0 Å². The summed E-state index contributed by atoms with van der Waals surface area (Å²) in [5, 5.41) is 0. The van der Waals surface area contributed by atoms with Gasteiger partial charge in [-0.1, -0.05) is 12.1 Å². The summed E-state index contributed by atoms with van der Waals surface area (Å²) >= 11 is 0. The maximum absolute atomic E-state index is 12.7. The van der Waals surface area contributed by atoms with Crippen molar-refractivity contribution in [1.82, 2.24) is 4.90 Å². The van der Waals surface area contributed by atoms with Crippen molar-refractivity contribution < 1.29 is 14.3 Å². The van der Waals surface area contributed by atoms with Crippen LogP contribution >= 0.6 is 0 Å². The standard InChI is InChI=1S/C24H30N2O3/c1-17-7-5-10-21(15-17)25(4)24(28)20-11-13-22(14-12-20)29-16-23(27)26-18(2)8-6-9-19(26)3/h5,7,10-15,18-19H,6,8-9,16H2,1-4H3. The lowest BCUT2D eigenvalue weighted by Gasteiger charge is -2.38. The number of anilines is 1. The number of likely N-dealkylation sites (tertiary alicyclic amines) is 1. The normalized spacial score (nSPS) is 19.0. The summed E-state index contributed by atoms with van der Waals surface area (Å²) in [5.74, 6) is 0.517. The molecule has 2 unspecified atom stereocenters. The molecule has 2 atom stereocenters. The summed E-state index contributed by atoms with van der Waals surface area (Å²) in [4.78, 5) is 28.9. The van der Waals surface area contributed by atoms with Crippen LogP contribution in [0.15, 0.2) is 48.5 Å². The highest BCUT2D eigenvalue weighted by Crippen LogP contribution is 2.23. The van der Waals surface area contributed by atoms with Gasteiger partial charge < -0.3 is 14.5 Å². The van der Waals surface area contributed by atoms with Crippen LogP contribution in [-0.4, -0.2) is 42.5 Å².